The van der Waals surface area contributed by atoms with Crippen molar-refractivity contribution in [1.29, 1.82) is 0 Å². The van der Waals surface area contributed by atoms with Crippen molar-refractivity contribution >= 4 is 0 Å². The second-order valence-electron chi connectivity index (χ2n) is 8.11. The fraction of sp³-hybridized carbons (Fsp3) is 0.370. The van der Waals surface area contributed by atoms with Crippen LogP contribution in [0.5, 0.6) is 17.4 Å². The fourth-order valence-corrected chi connectivity index (χ4v) is 3.66. The zero-order valence-electron chi connectivity index (χ0n) is 20.7. The molecule has 0 amide bonds. The number of hydrogen-bond acceptors (Lipinski definition) is 7. The summed E-state index contributed by atoms with van der Waals surface area (Å²) in [6.45, 7) is 8.31. The molecule has 0 bridgehead atoms. The van der Waals surface area contributed by atoms with Crippen LogP contribution in [0.3, 0.4) is 0 Å². The molecular weight excluding hydrogens is 446 g/mol. The molecular formula is C27H35N3O5. The summed E-state index contributed by atoms with van der Waals surface area (Å²) in [7, 11) is 3.29. The Kier molecular flexibility index (Phi) is 10.3. The Labute approximate surface area is 207 Å². The van der Waals surface area contributed by atoms with E-state index in [0.717, 1.165) is 16.9 Å². The standard InChI is InChI=1S/C27H35N3O5/c1-5-15-34-20-23(31)18-29(14-16-32-3)19-26-21(2)28-30(22-10-7-6-8-11-22)27(26)35-25-13-9-12-24(17-25)33-4/h5-13,17,23,31H,1,14-16,18-20H2,2-4H3. The molecule has 2 aromatic carbocycles. The summed E-state index contributed by atoms with van der Waals surface area (Å²) in [5, 5.41) is 15.3. The first-order valence-corrected chi connectivity index (χ1v) is 11.6. The third kappa shape index (κ3) is 7.66. The maximum Gasteiger partial charge on any atom is 0.227 e. The van der Waals surface area contributed by atoms with Gasteiger partial charge in [-0.2, -0.15) is 5.10 Å². The smallest absolute Gasteiger partial charge is 0.227 e. The van der Waals surface area contributed by atoms with Gasteiger partial charge in [-0.15, -0.1) is 6.58 Å². The van der Waals surface area contributed by atoms with Crippen molar-refractivity contribution in [3.05, 3.63) is 78.5 Å². The molecule has 1 N–H and O–H groups in total. The highest BCUT2D eigenvalue weighted by molar-refractivity contribution is 5.44. The molecule has 1 heterocycles. The molecule has 188 valence electrons. The summed E-state index contributed by atoms with van der Waals surface area (Å²) in [6, 6.07) is 17.3. The van der Waals surface area contributed by atoms with E-state index in [1.807, 2.05) is 66.2 Å². The summed E-state index contributed by atoms with van der Waals surface area (Å²) >= 11 is 0. The Bertz CT molecular complexity index is 1050. The van der Waals surface area contributed by atoms with Crippen molar-refractivity contribution < 1.29 is 24.1 Å². The number of aliphatic hydroxyl groups excluding tert-OH is 1. The van der Waals surface area contributed by atoms with E-state index in [9.17, 15) is 5.11 Å². The number of aryl methyl sites for hydroxylation is 1. The van der Waals surface area contributed by atoms with Crippen LogP contribution in [0.25, 0.3) is 5.69 Å². The number of para-hydroxylation sites is 1. The Morgan fingerprint density at radius 2 is 1.89 bits per heavy atom. The van der Waals surface area contributed by atoms with Crippen LogP contribution in [-0.2, 0) is 16.0 Å². The highest BCUT2D eigenvalue weighted by Crippen LogP contribution is 2.33. The lowest BCUT2D eigenvalue weighted by molar-refractivity contribution is 0.0192. The molecule has 0 aliphatic rings. The van der Waals surface area contributed by atoms with E-state index in [4.69, 9.17) is 24.0 Å². The van der Waals surface area contributed by atoms with Crippen molar-refractivity contribution in [2.75, 3.05) is 47.1 Å². The van der Waals surface area contributed by atoms with E-state index in [1.54, 1.807) is 20.3 Å². The molecule has 8 nitrogen and oxygen atoms in total. The highest BCUT2D eigenvalue weighted by Gasteiger charge is 2.23. The van der Waals surface area contributed by atoms with Crippen molar-refractivity contribution in [2.45, 2.75) is 19.6 Å². The number of methoxy groups -OCH3 is 2. The van der Waals surface area contributed by atoms with Crippen LogP contribution in [0.2, 0.25) is 0 Å². The molecule has 3 rings (SSSR count). The van der Waals surface area contributed by atoms with E-state index in [0.29, 0.717) is 50.2 Å². The number of aliphatic hydroxyl groups is 1. The maximum absolute atomic E-state index is 10.5. The van der Waals surface area contributed by atoms with E-state index >= 15 is 0 Å². The minimum atomic E-state index is -0.654. The third-order valence-electron chi connectivity index (χ3n) is 5.40. The SMILES string of the molecule is C=CCOCC(O)CN(CCOC)Cc1c(C)nn(-c2ccccc2)c1Oc1cccc(OC)c1. The average molecular weight is 482 g/mol. The first-order chi connectivity index (χ1) is 17.0. The zero-order chi connectivity index (χ0) is 25.0. The molecule has 3 aromatic rings. The molecule has 0 saturated carbocycles. The lowest BCUT2D eigenvalue weighted by Gasteiger charge is -2.25. The Morgan fingerprint density at radius 1 is 1.11 bits per heavy atom. The van der Waals surface area contributed by atoms with Crippen molar-refractivity contribution in [1.82, 2.24) is 14.7 Å². The molecule has 8 heteroatoms. The Morgan fingerprint density at radius 3 is 2.60 bits per heavy atom. The normalized spacial score (nSPS) is 12.0. The minimum Gasteiger partial charge on any atom is -0.497 e. The van der Waals surface area contributed by atoms with Crippen molar-refractivity contribution in [3.8, 4) is 23.1 Å². The highest BCUT2D eigenvalue weighted by atomic mass is 16.5. The summed E-state index contributed by atoms with van der Waals surface area (Å²) in [5.74, 6) is 1.96. The topological polar surface area (TPSA) is 78.2 Å². The maximum atomic E-state index is 10.5. The molecule has 0 aliphatic heterocycles. The Balaban J connectivity index is 1.93. The van der Waals surface area contributed by atoms with Gasteiger partial charge in [-0.3, -0.25) is 4.90 Å². The number of rotatable bonds is 15. The lowest BCUT2D eigenvalue weighted by Crippen LogP contribution is -2.36. The number of aromatic nitrogens is 2. The minimum absolute atomic E-state index is 0.227. The van der Waals surface area contributed by atoms with Gasteiger partial charge in [0.25, 0.3) is 0 Å². The van der Waals surface area contributed by atoms with Crippen LogP contribution in [-0.4, -0.2) is 73.0 Å². The van der Waals surface area contributed by atoms with Crippen molar-refractivity contribution in [2.24, 2.45) is 0 Å². The van der Waals surface area contributed by atoms with Crippen LogP contribution < -0.4 is 9.47 Å². The predicted molar refractivity (Wildman–Crippen MR) is 136 cm³/mol. The van der Waals surface area contributed by atoms with E-state index in [-0.39, 0.29) is 6.61 Å². The zero-order valence-corrected chi connectivity index (χ0v) is 20.7. The number of benzene rings is 2. The van der Waals surface area contributed by atoms with Gasteiger partial charge >= 0.3 is 0 Å². The second-order valence-corrected chi connectivity index (χ2v) is 8.11. The van der Waals surface area contributed by atoms with Gasteiger partial charge in [-0.05, 0) is 31.2 Å². The number of nitrogens with zero attached hydrogens (tertiary/aromatic N) is 3. The van der Waals surface area contributed by atoms with Gasteiger partial charge in [0.1, 0.15) is 11.5 Å². The first-order valence-electron chi connectivity index (χ1n) is 11.6. The molecule has 0 saturated heterocycles. The largest absolute Gasteiger partial charge is 0.497 e. The molecule has 0 fully saturated rings. The van der Waals surface area contributed by atoms with Gasteiger partial charge in [-0.25, -0.2) is 4.68 Å². The van der Waals surface area contributed by atoms with Gasteiger partial charge in [0.2, 0.25) is 5.88 Å². The summed E-state index contributed by atoms with van der Waals surface area (Å²) < 4.78 is 24.3. The molecule has 1 atom stereocenters. The number of hydrogen-bond donors (Lipinski definition) is 1. The molecule has 35 heavy (non-hydrogen) atoms. The third-order valence-corrected chi connectivity index (χ3v) is 5.40. The summed E-state index contributed by atoms with van der Waals surface area (Å²) in [5.41, 5.74) is 2.65. The van der Waals surface area contributed by atoms with Gasteiger partial charge in [0, 0.05) is 32.8 Å². The molecule has 0 aliphatic carbocycles. The number of ether oxygens (including phenoxy) is 4. The summed E-state index contributed by atoms with van der Waals surface area (Å²) in [6.07, 6.45) is 1.01. The fourth-order valence-electron chi connectivity index (χ4n) is 3.66. The van der Waals surface area contributed by atoms with Gasteiger partial charge in [0.15, 0.2) is 0 Å². The van der Waals surface area contributed by atoms with Crippen LogP contribution in [0.1, 0.15) is 11.3 Å². The van der Waals surface area contributed by atoms with Crippen LogP contribution in [0.4, 0.5) is 0 Å². The quantitative estimate of drug-likeness (QED) is 0.260. The molecule has 1 aromatic heterocycles. The van der Waals surface area contributed by atoms with Gasteiger partial charge in [-0.1, -0.05) is 30.3 Å². The molecule has 0 spiro atoms. The second kappa shape index (κ2) is 13.7. The summed E-state index contributed by atoms with van der Waals surface area (Å²) in [4.78, 5) is 2.11. The predicted octanol–water partition coefficient (Wildman–Crippen LogP) is 3.99. The van der Waals surface area contributed by atoms with E-state index in [1.165, 1.54) is 0 Å². The monoisotopic (exact) mass is 481 g/mol. The lowest BCUT2D eigenvalue weighted by atomic mass is 10.2. The van der Waals surface area contributed by atoms with Crippen LogP contribution in [0, 0.1) is 6.92 Å². The van der Waals surface area contributed by atoms with E-state index < -0.39 is 6.10 Å². The van der Waals surface area contributed by atoms with Crippen LogP contribution in [0.15, 0.2) is 67.3 Å². The van der Waals surface area contributed by atoms with Crippen molar-refractivity contribution in [3.63, 3.8) is 0 Å². The van der Waals surface area contributed by atoms with Crippen LogP contribution >= 0.6 is 0 Å². The molecule has 1 unspecified atom stereocenters. The molecule has 0 radical (unpaired) electrons. The average Bonchev–Trinajstić information content (AvgIpc) is 3.18. The van der Waals surface area contributed by atoms with Gasteiger partial charge in [0.05, 0.1) is 50.0 Å². The first kappa shape index (κ1) is 26.4. The Hall–Kier alpha value is -3.17. The van der Waals surface area contributed by atoms with Gasteiger partial charge < -0.3 is 24.1 Å². The van der Waals surface area contributed by atoms with E-state index in [2.05, 4.69) is 11.5 Å².